The highest BCUT2D eigenvalue weighted by atomic mass is 16.6. The van der Waals surface area contributed by atoms with Crippen LogP contribution < -0.4 is 0 Å². The third-order valence-corrected chi connectivity index (χ3v) is 4.42. The average Bonchev–Trinajstić information content (AvgIpc) is 2.67. The van der Waals surface area contributed by atoms with Gasteiger partial charge in [-0.15, -0.1) is 0 Å². The van der Waals surface area contributed by atoms with Crippen LogP contribution in [-0.2, 0) is 25.7 Å². The van der Waals surface area contributed by atoms with Crippen LogP contribution in [0.15, 0.2) is 30.3 Å². The van der Waals surface area contributed by atoms with Crippen molar-refractivity contribution in [2.45, 2.75) is 32.5 Å². The molecule has 1 unspecified atom stereocenters. The number of carbonyl (C=O) groups excluding carboxylic acids is 3. The fraction of sp³-hybridized carbons (Fsp3) is 0.526. The second-order valence-electron chi connectivity index (χ2n) is 6.35. The summed E-state index contributed by atoms with van der Waals surface area (Å²) in [7, 11) is 0. The van der Waals surface area contributed by atoms with Gasteiger partial charge >= 0.3 is 6.09 Å². The van der Waals surface area contributed by atoms with Crippen molar-refractivity contribution >= 4 is 18.3 Å². The van der Waals surface area contributed by atoms with Crippen molar-refractivity contribution in [3.8, 4) is 0 Å². The van der Waals surface area contributed by atoms with E-state index in [1.165, 1.54) is 0 Å². The van der Waals surface area contributed by atoms with Gasteiger partial charge in [-0.25, -0.2) is 4.79 Å². The van der Waals surface area contributed by atoms with Crippen LogP contribution in [-0.4, -0.2) is 66.5 Å². The standard InChI is InChI=1S/C19H26N2O5/c1-3-26-19(2,9-14-22)17(23)20-10-12-21(13-11-20)18(24)25-15-16-7-5-4-6-8-16/h4-8,14H,3,9-13,15H2,1-2H3. The van der Waals surface area contributed by atoms with Gasteiger partial charge < -0.3 is 24.1 Å². The van der Waals surface area contributed by atoms with Crippen LogP contribution in [0.5, 0.6) is 0 Å². The molecule has 2 rings (SSSR count). The topological polar surface area (TPSA) is 76.2 Å². The number of amides is 2. The Morgan fingerprint density at radius 3 is 2.31 bits per heavy atom. The molecule has 142 valence electrons. The molecule has 0 bridgehead atoms. The Labute approximate surface area is 153 Å². The minimum atomic E-state index is -1.15. The van der Waals surface area contributed by atoms with E-state index in [2.05, 4.69) is 0 Å². The molecule has 0 aromatic heterocycles. The minimum absolute atomic E-state index is 0.0129. The predicted octanol–water partition coefficient (Wildman–Crippen LogP) is 1.85. The van der Waals surface area contributed by atoms with Crippen molar-refractivity contribution in [1.82, 2.24) is 9.80 Å². The van der Waals surface area contributed by atoms with Gasteiger partial charge in [0, 0.05) is 39.2 Å². The van der Waals surface area contributed by atoms with Crippen LogP contribution in [0.25, 0.3) is 0 Å². The Bertz CT molecular complexity index is 614. The van der Waals surface area contributed by atoms with Gasteiger partial charge in [-0.1, -0.05) is 30.3 Å². The number of ether oxygens (including phenoxy) is 2. The van der Waals surface area contributed by atoms with Gasteiger partial charge in [0.2, 0.25) is 0 Å². The molecular weight excluding hydrogens is 336 g/mol. The molecule has 1 aliphatic heterocycles. The normalized spacial score (nSPS) is 16.7. The molecule has 2 amide bonds. The van der Waals surface area contributed by atoms with Crippen LogP contribution in [0.4, 0.5) is 4.79 Å². The van der Waals surface area contributed by atoms with E-state index in [1.54, 1.807) is 23.6 Å². The van der Waals surface area contributed by atoms with E-state index in [-0.39, 0.29) is 25.0 Å². The van der Waals surface area contributed by atoms with Gasteiger partial charge in [-0.3, -0.25) is 4.79 Å². The van der Waals surface area contributed by atoms with Gasteiger partial charge in [0.15, 0.2) is 5.60 Å². The van der Waals surface area contributed by atoms with Crippen molar-refractivity contribution in [2.24, 2.45) is 0 Å². The quantitative estimate of drug-likeness (QED) is 0.692. The Morgan fingerprint density at radius 2 is 1.73 bits per heavy atom. The fourth-order valence-corrected chi connectivity index (χ4v) is 2.92. The molecule has 7 nitrogen and oxygen atoms in total. The molecule has 0 saturated carbocycles. The van der Waals surface area contributed by atoms with Crippen LogP contribution in [0.3, 0.4) is 0 Å². The van der Waals surface area contributed by atoms with Crippen LogP contribution in [0.2, 0.25) is 0 Å². The SMILES string of the molecule is CCOC(C)(CC=O)C(=O)N1CCN(C(=O)OCc2ccccc2)CC1. The number of rotatable bonds is 7. The monoisotopic (exact) mass is 362 g/mol. The summed E-state index contributed by atoms with van der Waals surface area (Å²) in [6, 6.07) is 9.48. The van der Waals surface area contributed by atoms with E-state index in [9.17, 15) is 14.4 Å². The molecular formula is C19H26N2O5. The van der Waals surface area contributed by atoms with E-state index in [0.29, 0.717) is 39.1 Å². The molecule has 1 atom stereocenters. The van der Waals surface area contributed by atoms with Crippen molar-refractivity contribution in [3.63, 3.8) is 0 Å². The number of hydrogen-bond donors (Lipinski definition) is 0. The summed E-state index contributed by atoms with van der Waals surface area (Å²) in [4.78, 5) is 39.0. The lowest BCUT2D eigenvalue weighted by molar-refractivity contribution is -0.159. The summed E-state index contributed by atoms with van der Waals surface area (Å²) in [6.45, 7) is 5.56. The summed E-state index contributed by atoms with van der Waals surface area (Å²) in [5.74, 6) is -0.219. The van der Waals surface area contributed by atoms with Crippen molar-refractivity contribution in [2.75, 3.05) is 32.8 Å². The molecule has 1 aromatic carbocycles. The number of carbonyl (C=O) groups is 3. The van der Waals surface area contributed by atoms with Gasteiger partial charge in [-0.05, 0) is 19.4 Å². The van der Waals surface area contributed by atoms with E-state index in [1.807, 2.05) is 30.3 Å². The molecule has 1 heterocycles. The summed E-state index contributed by atoms with van der Waals surface area (Å²) in [5, 5.41) is 0. The number of benzene rings is 1. The lowest BCUT2D eigenvalue weighted by Gasteiger charge is -2.38. The first-order chi connectivity index (χ1) is 12.5. The van der Waals surface area contributed by atoms with Crippen LogP contribution >= 0.6 is 0 Å². The second-order valence-corrected chi connectivity index (χ2v) is 6.35. The smallest absolute Gasteiger partial charge is 0.410 e. The maximum absolute atomic E-state index is 12.7. The highest BCUT2D eigenvalue weighted by molar-refractivity contribution is 5.87. The molecule has 0 spiro atoms. The first-order valence-corrected chi connectivity index (χ1v) is 8.82. The minimum Gasteiger partial charge on any atom is -0.445 e. The summed E-state index contributed by atoms with van der Waals surface area (Å²) in [5.41, 5.74) is -0.219. The Balaban J connectivity index is 1.84. The van der Waals surface area contributed by atoms with Crippen molar-refractivity contribution < 1.29 is 23.9 Å². The van der Waals surface area contributed by atoms with Gasteiger partial charge in [0.1, 0.15) is 12.9 Å². The zero-order chi connectivity index (χ0) is 19.0. The van der Waals surface area contributed by atoms with E-state index in [0.717, 1.165) is 5.56 Å². The summed E-state index contributed by atoms with van der Waals surface area (Å²) >= 11 is 0. The Hall–Kier alpha value is -2.41. The first-order valence-electron chi connectivity index (χ1n) is 8.82. The third kappa shape index (κ3) is 5.05. The zero-order valence-electron chi connectivity index (χ0n) is 15.3. The van der Waals surface area contributed by atoms with E-state index in [4.69, 9.17) is 9.47 Å². The van der Waals surface area contributed by atoms with Crippen LogP contribution in [0.1, 0.15) is 25.8 Å². The predicted molar refractivity (Wildman–Crippen MR) is 95.5 cm³/mol. The van der Waals surface area contributed by atoms with E-state index < -0.39 is 5.60 Å². The first kappa shape index (κ1) is 19.9. The van der Waals surface area contributed by atoms with Gasteiger partial charge in [0.05, 0.1) is 0 Å². The molecule has 1 aliphatic rings. The molecule has 0 aliphatic carbocycles. The number of nitrogens with zero attached hydrogens (tertiary/aromatic N) is 2. The average molecular weight is 362 g/mol. The Kier molecular flexibility index (Phi) is 7.15. The molecule has 26 heavy (non-hydrogen) atoms. The lowest BCUT2D eigenvalue weighted by Crippen LogP contribution is -2.56. The molecule has 0 radical (unpaired) electrons. The number of aldehydes is 1. The largest absolute Gasteiger partial charge is 0.445 e. The van der Waals surface area contributed by atoms with Crippen molar-refractivity contribution in [1.29, 1.82) is 0 Å². The van der Waals surface area contributed by atoms with E-state index >= 15 is 0 Å². The zero-order valence-corrected chi connectivity index (χ0v) is 15.3. The lowest BCUT2D eigenvalue weighted by atomic mass is 10.0. The highest BCUT2D eigenvalue weighted by Gasteiger charge is 2.38. The van der Waals surface area contributed by atoms with Crippen molar-refractivity contribution in [3.05, 3.63) is 35.9 Å². The highest BCUT2D eigenvalue weighted by Crippen LogP contribution is 2.19. The summed E-state index contributed by atoms with van der Waals surface area (Å²) in [6.07, 6.45) is 0.324. The number of hydrogen-bond acceptors (Lipinski definition) is 5. The van der Waals surface area contributed by atoms with Gasteiger partial charge in [0.25, 0.3) is 5.91 Å². The molecule has 1 saturated heterocycles. The van der Waals surface area contributed by atoms with Crippen LogP contribution in [0, 0.1) is 0 Å². The molecule has 7 heteroatoms. The third-order valence-electron chi connectivity index (χ3n) is 4.42. The molecule has 1 aromatic rings. The second kappa shape index (κ2) is 9.33. The number of piperazine rings is 1. The Morgan fingerprint density at radius 1 is 1.12 bits per heavy atom. The maximum atomic E-state index is 12.7. The maximum Gasteiger partial charge on any atom is 0.410 e. The van der Waals surface area contributed by atoms with Gasteiger partial charge in [-0.2, -0.15) is 0 Å². The fourth-order valence-electron chi connectivity index (χ4n) is 2.92. The summed E-state index contributed by atoms with van der Waals surface area (Å²) < 4.78 is 10.8. The molecule has 0 N–H and O–H groups in total. The molecule has 1 fully saturated rings.